The Labute approximate surface area is 149 Å². The van der Waals surface area contributed by atoms with E-state index in [0.717, 1.165) is 18.5 Å². The molecule has 1 N–H and O–H groups in total. The Morgan fingerprint density at radius 1 is 1.17 bits per heavy atom. The van der Waals surface area contributed by atoms with E-state index in [2.05, 4.69) is 37.8 Å². The lowest BCUT2D eigenvalue weighted by Gasteiger charge is -2.30. The molecule has 0 radical (unpaired) electrons. The molecule has 0 aliphatic carbocycles. The minimum absolute atomic E-state index is 0.366. The summed E-state index contributed by atoms with van der Waals surface area (Å²) in [5, 5.41) is 10.4. The van der Waals surface area contributed by atoms with Crippen LogP contribution >= 0.6 is 11.3 Å². The summed E-state index contributed by atoms with van der Waals surface area (Å²) in [5.41, 5.74) is 1.14. The molecule has 1 aromatic carbocycles. The second-order valence-electron chi connectivity index (χ2n) is 6.35. The van der Waals surface area contributed by atoms with E-state index >= 15 is 0 Å². The minimum Gasteiger partial charge on any atom is -0.389 e. The second kappa shape index (κ2) is 9.94. The Balaban J connectivity index is 1.81. The van der Waals surface area contributed by atoms with Crippen LogP contribution in [0.5, 0.6) is 0 Å². The van der Waals surface area contributed by atoms with Gasteiger partial charge in [0.2, 0.25) is 0 Å². The van der Waals surface area contributed by atoms with Crippen molar-refractivity contribution in [1.29, 1.82) is 0 Å². The molecule has 0 aliphatic heterocycles. The summed E-state index contributed by atoms with van der Waals surface area (Å²) in [6.45, 7) is 8.99. The number of nitrogens with zero attached hydrogens (tertiary/aromatic N) is 1. The highest BCUT2D eigenvalue weighted by atomic mass is 32.1. The van der Waals surface area contributed by atoms with Gasteiger partial charge in [-0.05, 0) is 38.0 Å². The molecular formula is C20H29NO2S. The van der Waals surface area contributed by atoms with E-state index in [4.69, 9.17) is 4.74 Å². The molecule has 2 aromatic rings. The van der Waals surface area contributed by atoms with Gasteiger partial charge in [-0.15, -0.1) is 11.3 Å². The first-order valence-corrected chi connectivity index (χ1v) is 9.49. The third-order valence-corrected chi connectivity index (χ3v) is 5.22. The Hall–Kier alpha value is -1.20. The Morgan fingerprint density at radius 2 is 1.92 bits per heavy atom. The van der Waals surface area contributed by atoms with E-state index in [-0.39, 0.29) is 0 Å². The van der Waals surface area contributed by atoms with Crippen molar-refractivity contribution < 1.29 is 9.84 Å². The zero-order valence-corrected chi connectivity index (χ0v) is 15.8. The molecular weight excluding hydrogens is 318 g/mol. The molecule has 0 saturated heterocycles. The Bertz CT molecular complexity index is 584. The second-order valence-corrected chi connectivity index (χ2v) is 7.73. The highest BCUT2D eigenvalue weighted by molar-refractivity contribution is 7.11. The number of aliphatic hydroxyl groups is 1. The molecule has 0 fully saturated rings. The van der Waals surface area contributed by atoms with Gasteiger partial charge in [-0.1, -0.05) is 37.3 Å². The van der Waals surface area contributed by atoms with Crippen molar-refractivity contribution in [1.82, 2.24) is 4.90 Å². The number of hydrogen-bond donors (Lipinski definition) is 1. The lowest BCUT2D eigenvalue weighted by atomic mass is 10.2. The van der Waals surface area contributed by atoms with E-state index in [1.165, 1.54) is 9.75 Å². The van der Waals surface area contributed by atoms with Crippen LogP contribution in [0.25, 0.3) is 0 Å². The zero-order chi connectivity index (χ0) is 17.4. The van der Waals surface area contributed by atoms with E-state index < -0.39 is 6.10 Å². The minimum atomic E-state index is -0.469. The van der Waals surface area contributed by atoms with Crippen LogP contribution < -0.4 is 0 Å². The van der Waals surface area contributed by atoms with E-state index in [0.29, 0.717) is 25.8 Å². The van der Waals surface area contributed by atoms with Crippen molar-refractivity contribution in [3.8, 4) is 0 Å². The summed E-state index contributed by atoms with van der Waals surface area (Å²) < 4.78 is 5.68. The maximum absolute atomic E-state index is 10.4. The van der Waals surface area contributed by atoms with E-state index in [1.807, 2.05) is 41.7 Å². The van der Waals surface area contributed by atoms with Crippen LogP contribution in [-0.2, 0) is 17.9 Å². The number of ether oxygens (including phenoxy) is 1. The third kappa shape index (κ3) is 6.36. The van der Waals surface area contributed by atoms with Crippen LogP contribution in [-0.4, -0.2) is 35.3 Å². The third-order valence-electron chi connectivity index (χ3n) is 4.24. The van der Waals surface area contributed by atoms with Gasteiger partial charge < -0.3 is 9.84 Å². The van der Waals surface area contributed by atoms with Gasteiger partial charge in [-0.25, -0.2) is 0 Å². The van der Waals surface area contributed by atoms with Gasteiger partial charge in [0, 0.05) is 28.9 Å². The maximum Gasteiger partial charge on any atom is 0.0900 e. The van der Waals surface area contributed by atoms with Crippen molar-refractivity contribution in [2.24, 2.45) is 0 Å². The molecule has 132 valence electrons. The van der Waals surface area contributed by atoms with Gasteiger partial charge >= 0.3 is 0 Å². The quantitative estimate of drug-likeness (QED) is 0.698. The first-order chi connectivity index (χ1) is 11.6. The highest BCUT2D eigenvalue weighted by Crippen LogP contribution is 2.19. The average Bonchev–Trinajstić information content (AvgIpc) is 2.99. The van der Waals surface area contributed by atoms with Gasteiger partial charge in [0.05, 0.1) is 19.3 Å². The lowest BCUT2D eigenvalue weighted by molar-refractivity contribution is 0.00165. The summed E-state index contributed by atoms with van der Waals surface area (Å²) in [4.78, 5) is 5.04. The fraction of sp³-hybridized carbons (Fsp3) is 0.500. The smallest absolute Gasteiger partial charge is 0.0900 e. The molecule has 1 heterocycles. The number of hydrogen-bond acceptors (Lipinski definition) is 4. The van der Waals surface area contributed by atoms with Crippen LogP contribution in [0, 0.1) is 6.92 Å². The molecule has 2 unspecified atom stereocenters. The molecule has 0 bridgehead atoms. The normalized spacial score (nSPS) is 14.0. The van der Waals surface area contributed by atoms with Crippen molar-refractivity contribution in [3.63, 3.8) is 0 Å². The summed E-state index contributed by atoms with van der Waals surface area (Å²) in [5.74, 6) is 0. The molecule has 0 spiro atoms. The zero-order valence-electron chi connectivity index (χ0n) is 14.9. The van der Waals surface area contributed by atoms with E-state index in [9.17, 15) is 5.11 Å². The topological polar surface area (TPSA) is 32.7 Å². The first-order valence-electron chi connectivity index (χ1n) is 8.67. The summed E-state index contributed by atoms with van der Waals surface area (Å²) in [6, 6.07) is 14.9. The number of benzene rings is 1. The molecule has 2 atom stereocenters. The van der Waals surface area contributed by atoms with Crippen LogP contribution in [0.1, 0.15) is 35.6 Å². The maximum atomic E-state index is 10.4. The van der Waals surface area contributed by atoms with E-state index in [1.54, 1.807) is 0 Å². The van der Waals surface area contributed by atoms with Crippen LogP contribution in [0.3, 0.4) is 0 Å². The fourth-order valence-corrected chi connectivity index (χ4v) is 3.56. The molecule has 2 rings (SSSR count). The molecule has 0 amide bonds. The molecule has 3 nitrogen and oxygen atoms in total. The predicted octanol–water partition coefficient (Wildman–Crippen LogP) is 4.23. The van der Waals surface area contributed by atoms with Crippen molar-refractivity contribution in [3.05, 3.63) is 57.8 Å². The Kier molecular flexibility index (Phi) is 7.92. The molecule has 1 aromatic heterocycles. The molecule has 0 aliphatic rings. The monoisotopic (exact) mass is 347 g/mol. The van der Waals surface area contributed by atoms with Gasteiger partial charge in [0.15, 0.2) is 0 Å². The first kappa shape index (κ1) is 19.1. The summed E-state index contributed by atoms with van der Waals surface area (Å²) in [7, 11) is 0. The predicted molar refractivity (Wildman–Crippen MR) is 101 cm³/mol. The van der Waals surface area contributed by atoms with Crippen LogP contribution in [0.4, 0.5) is 0 Å². The van der Waals surface area contributed by atoms with Crippen molar-refractivity contribution in [2.45, 2.75) is 52.5 Å². The van der Waals surface area contributed by atoms with Crippen LogP contribution in [0.15, 0.2) is 42.5 Å². The standard InChI is InChI=1S/C20H29NO2S/c1-4-16(2)21(13-20-11-10-17(3)24-20)12-19(22)15-23-14-18-8-6-5-7-9-18/h5-11,16,19,22H,4,12-15H2,1-3H3. The van der Waals surface area contributed by atoms with Crippen LogP contribution in [0.2, 0.25) is 0 Å². The highest BCUT2D eigenvalue weighted by Gasteiger charge is 2.18. The average molecular weight is 348 g/mol. The molecule has 24 heavy (non-hydrogen) atoms. The molecule has 4 heteroatoms. The number of aryl methyl sites for hydroxylation is 1. The summed E-state index contributed by atoms with van der Waals surface area (Å²) in [6.07, 6.45) is 0.603. The number of aliphatic hydroxyl groups excluding tert-OH is 1. The SMILES string of the molecule is CCC(C)N(Cc1ccc(C)s1)CC(O)COCc1ccccc1. The Morgan fingerprint density at radius 3 is 2.54 bits per heavy atom. The van der Waals surface area contributed by atoms with Gasteiger partial charge in [-0.3, -0.25) is 4.90 Å². The molecule has 0 saturated carbocycles. The van der Waals surface area contributed by atoms with Crippen molar-refractivity contribution in [2.75, 3.05) is 13.2 Å². The van der Waals surface area contributed by atoms with Crippen molar-refractivity contribution >= 4 is 11.3 Å². The van der Waals surface area contributed by atoms with Gasteiger partial charge in [0.25, 0.3) is 0 Å². The fourth-order valence-electron chi connectivity index (χ4n) is 2.64. The van der Waals surface area contributed by atoms with Gasteiger partial charge in [0.1, 0.15) is 0 Å². The summed E-state index contributed by atoms with van der Waals surface area (Å²) >= 11 is 1.83. The largest absolute Gasteiger partial charge is 0.389 e. The van der Waals surface area contributed by atoms with Gasteiger partial charge in [-0.2, -0.15) is 0 Å². The number of thiophene rings is 1. The lowest BCUT2D eigenvalue weighted by Crippen LogP contribution is -2.39. The number of rotatable bonds is 10.